The van der Waals surface area contributed by atoms with Gasteiger partial charge in [0.05, 0.1) is 27.2 Å². The van der Waals surface area contributed by atoms with Gasteiger partial charge in [-0.05, 0) is 44.7 Å². The van der Waals surface area contributed by atoms with Gasteiger partial charge in [0, 0.05) is 5.92 Å². The maximum absolute atomic E-state index is 12.9. The molecule has 0 N–H and O–H groups in total. The molecule has 2 saturated heterocycles. The average molecular weight is 351 g/mol. The molecule has 0 spiro atoms. The van der Waals surface area contributed by atoms with E-state index in [2.05, 4.69) is 25.8 Å². The summed E-state index contributed by atoms with van der Waals surface area (Å²) < 4.78 is 33.2. The fourth-order valence-electron chi connectivity index (χ4n) is 4.28. The zero-order chi connectivity index (χ0) is 16.5. The lowest BCUT2D eigenvalue weighted by molar-refractivity contribution is -0.0409. The molecule has 0 amide bonds. The van der Waals surface area contributed by atoms with Gasteiger partial charge in [-0.25, -0.2) is 13.4 Å². The zero-order valence-electron chi connectivity index (χ0n) is 13.6. The van der Waals surface area contributed by atoms with Crippen LogP contribution >= 0.6 is 11.3 Å². The van der Waals surface area contributed by atoms with E-state index in [4.69, 9.17) is 4.74 Å². The molecule has 2 aromatic rings. The minimum atomic E-state index is -3.40. The molecule has 0 aliphatic carbocycles. The Labute approximate surface area is 140 Å². The van der Waals surface area contributed by atoms with Crippen molar-refractivity contribution in [2.75, 3.05) is 5.75 Å². The molecule has 2 fully saturated rings. The molecule has 6 heteroatoms. The first kappa shape index (κ1) is 15.5. The van der Waals surface area contributed by atoms with Crippen molar-refractivity contribution >= 4 is 31.4 Å². The highest BCUT2D eigenvalue weighted by molar-refractivity contribution is 7.93. The van der Waals surface area contributed by atoms with Gasteiger partial charge in [-0.3, -0.25) is 0 Å². The number of para-hydroxylation sites is 1. The van der Waals surface area contributed by atoms with Crippen LogP contribution in [0.5, 0.6) is 0 Å². The molecule has 1 aromatic carbocycles. The van der Waals surface area contributed by atoms with E-state index < -0.39 is 9.84 Å². The standard InChI is InChI=1S/C17H21NO3S2/c1-11-12(17(3)9-8-16(11,2)21-17)10-23(19,20)15-18-13-6-4-5-7-14(13)22-15/h4-7,11-12H,8-10H2,1-3H3. The lowest BCUT2D eigenvalue weighted by Gasteiger charge is -2.33. The van der Waals surface area contributed by atoms with Gasteiger partial charge in [-0.1, -0.05) is 19.1 Å². The second-order valence-corrected chi connectivity index (χ2v) is 10.6. The first-order valence-corrected chi connectivity index (χ1v) is 10.5. The van der Waals surface area contributed by atoms with Crippen LogP contribution in [0.1, 0.15) is 33.6 Å². The number of nitrogens with zero attached hydrogens (tertiary/aromatic N) is 1. The Morgan fingerprint density at radius 2 is 1.96 bits per heavy atom. The lowest BCUT2D eigenvalue weighted by Crippen LogP contribution is -2.40. The molecular formula is C17H21NO3S2. The summed E-state index contributed by atoms with van der Waals surface area (Å²) in [6.07, 6.45) is 1.95. The van der Waals surface area contributed by atoms with Crippen LogP contribution in [0.2, 0.25) is 0 Å². The molecule has 1 aromatic heterocycles. The van der Waals surface area contributed by atoms with Crippen LogP contribution in [0.25, 0.3) is 10.2 Å². The summed E-state index contributed by atoms with van der Waals surface area (Å²) >= 11 is 1.27. The molecule has 2 bridgehead atoms. The molecule has 124 valence electrons. The smallest absolute Gasteiger partial charge is 0.210 e. The van der Waals surface area contributed by atoms with Crippen molar-refractivity contribution in [3.8, 4) is 0 Å². The summed E-state index contributed by atoms with van der Waals surface area (Å²) in [6.45, 7) is 6.32. The Morgan fingerprint density at radius 3 is 2.61 bits per heavy atom. The summed E-state index contributed by atoms with van der Waals surface area (Å²) in [5, 5.41) is 0. The largest absolute Gasteiger partial charge is 0.368 e. The van der Waals surface area contributed by atoms with E-state index in [1.165, 1.54) is 11.3 Å². The van der Waals surface area contributed by atoms with E-state index in [-0.39, 0.29) is 33.1 Å². The minimum absolute atomic E-state index is 0.0262. The van der Waals surface area contributed by atoms with E-state index in [1.54, 1.807) is 0 Å². The Bertz CT molecular complexity index is 842. The second kappa shape index (κ2) is 4.77. The molecule has 4 atom stereocenters. The normalized spacial score (nSPS) is 36.8. The van der Waals surface area contributed by atoms with Gasteiger partial charge in [0.15, 0.2) is 0 Å². The summed E-state index contributed by atoms with van der Waals surface area (Å²) in [5.74, 6) is 0.392. The second-order valence-electron chi connectivity index (χ2n) is 7.35. The summed E-state index contributed by atoms with van der Waals surface area (Å²) in [6, 6.07) is 7.56. The van der Waals surface area contributed by atoms with Crippen LogP contribution < -0.4 is 0 Å². The quantitative estimate of drug-likeness (QED) is 0.847. The van der Waals surface area contributed by atoms with Gasteiger partial charge in [0.2, 0.25) is 14.2 Å². The van der Waals surface area contributed by atoms with Gasteiger partial charge >= 0.3 is 0 Å². The van der Waals surface area contributed by atoms with E-state index in [9.17, 15) is 8.42 Å². The number of benzene rings is 1. The lowest BCUT2D eigenvalue weighted by atomic mass is 9.69. The van der Waals surface area contributed by atoms with Crippen LogP contribution in [-0.4, -0.2) is 30.4 Å². The highest BCUT2D eigenvalue weighted by Gasteiger charge is 2.61. The first-order chi connectivity index (χ1) is 10.7. The van der Waals surface area contributed by atoms with Gasteiger partial charge in [-0.2, -0.15) is 0 Å². The molecule has 0 radical (unpaired) electrons. The highest BCUT2D eigenvalue weighted by Crippen LogP contribution is 2.57. The summed E-state index contributed by atoms with van der Waals surface area (Å²) in [7, 11) is -3.40. The van der Waals surface area contributed by atoms with Crippen molar-refractivity contribution < 1.29 is 13.2 Å². The van der Waals surface area contributed by atoms with Crippen molar-refractivity contribution in [3.05, 3.63) is 24.3 Å². The van der Waals surface area contributed by atoms with Gasteiger partial charge in [-0.15, -0.1) is 11.3 Å². The van der Waals surface area contributed by atoms with Gasteiger partial charge in [0.25, 0.3) is 0 Å². The first-order valence-electron chi connectivity index (χ1n) is 8.02. The molecule has 23 heavy (non-hydrogen) atoms. The Kier molecular flexibility index (Phi) is 3.22. The number of hydrogen-bond donors (Lipinski definition) is 0. The minimum Gasteiger partial charge on any atom is -0.368 e. The van der Waals surface area contributed by atoms with E-state index in [1.807, 2.05) is 24.3 Å². The van der Waals surface area contributed by atoms with Crippen LogP contribution in [0.3, 0.4) is 0 Å². The Morgan fingerprint density at radius 1 is 1.26 bits per heavy atom. The number of thiazole rings is 1. The molecule has 4 rings (SSSR count). The monoisotopic (exact) mass is 351 g/mol. The highest BCUT2D eigenvalue weighted by atomic mass is 32.2. The third-order valence-corrected chi connectivity index (χ3v) is 9.14. The number of ether oxygens (including phenoxy) is 1. The predicted molar refractivity (Wildman–Crippen MR) is 91.5 cm³/mol. The van der Waals surface area contributed by atoms with E-state index in [0.29, 0.717) is 0 Å². The van der Waals surface area contributed by atoms with Gasteiger partial charge in [0.1, 0.15) is 0 Å². The fraction of sp³-hybridized carbons (Fsp3) is 0.588. The van der Waals surface area contributed by atoms with Gasteiger partial charge < -0.3 is 4.74 Å². The number of hydrogen-bond acceptors (Lipinski definition) is 5. The van der Waals surface area contributed by atoms with Crippen molar-refractivity contribution in [2.45, 2.75) is 49.2 Å². The van der Waals surface area contributed by atoms with Crippen LogP contribution in [-0.2, 0) is 14.6 Å². The third kappa shape index (κ3) is 2.26. The van der Waals surface area contributed by atoms with Crippen LogP contribution in [0, 0.1) is 11.8 Å². The summed E-state index contributed by atoms with van der Waals surface area (Å²) in [5.41, 5.74) is 0.256. The van der Waals surface area contributed by atoms with Crippen molar-refractivity contribution in [3.63, 3.8) is 0 Å². The Hall–Kier alpha value is -0.980. The molecule has 4 nitrogen and oxygen atoms in total. The average Bonchev–Trinajstić information content (AvgIpc) is 3.11. The molecular weight excluding hydrogens is 330 g/mol. The van der Waals surface area contributed by atoms with Crippen molar-refractivity contribution in [1.82, 2.24) is 4.98 Å². The zero-order valence-corrected chi connectivity index (χ0v) is 15.2. The van der Waals surface area contributed by atoms with Crippen LogP contribution in [0.4, 0.5) is 0 Å². The number of aromatic nitrogens is 1. The predicted octanol–water partition coefficient (Wildman–Crippen LogP) is 3.66. The Balaban J connectivity index is 1.68. The maximum Gasteiger partial charge on any atom is 0.210 e. The molecule has 2 aliphatic heterocycles. The fourth-order valence-corrected chi connectivity index (χ4v) is 7.45. The molecule has 3 heterocycles. The van der Waals surface area contributed by atoms with E-state index in [0.717, 1.165) is 23.1 Å². The maximum atomic E-state index is 12.9. The van der Waals surface area contributed by atoms with Crippen molar-refractivity contribution in [2.24, 2.45) is 11.8 Å². The molecule has 0 saturated carbocycles. The molecule has 4 unspecified atom stereocenters. The SMILES string of the molecule is CC1C(CS(=O)(=O)c2nc3ccccc3s2)C2(C)CCC1(C)O2. The third-order valence-electron chi connectivity index (χ3n) is 5.87. The topological polar surface area (TPSA) is 56.3 Å². The number of fused-ring (bicyclic) bond motifs is 3. The summed E-state index contributed by atoms with van der Waals surface area (Å²) in [4.78, 5) is 4.34. The number of rotatable bonds is 3. The van der Waals surface area contributed by atoms with Crippen molar-refractivity contribution in [1.29, 1.82) is 0 Å². The van der Waals surface area contributed by atoms with E-state index >= 15 is 0 Å². The van der Waals surface area contributed by atoms with Crippen LogP contribution in [0.15, 0.2) is 28.6 Å². The number of sulfone groups is 1. The molecule has 2 aliphatic rings.